The highest BCUT2D eigenvalue weighted by atomic mass is 16.7. The minimum Gasteiger partial charge on any atom is -0.354 e. The first kappa shape index (κ1) is 14.7. The molecule has 0 aliphatic heterocycles. The van der Waals surface area contributed by atoms with Crippen molar-refractivity contribution >= 4 is 0 Å². The molecule has 0 spiro atoms. The third-order valence-electron chi connectivity index (χ3n) is 2.93. The van der Waals surface area contributed by atoms with Crippen LogP contribution in [-0.2, 0) is 9.47 Å². The lowest BCUT2D eigenvalue weighted by Crippen LogP contribution is -2.40. The van der Waals surface area contributed by atoms with E-state index in [2.05, 4.69) is 18.3 Å². The molecule has 0 heterocycles. The first-order chi connectivity index (χ1) is 8.62. The van der Waals surface area contributed by atoms with Crippen molar-refractivity contribution in [1.82, 2.24) is 5.32 Å². The summed E-state index contributed by atoms with van der Waals surface area (Å²) in [6, 6.07) is 9.91. The van der Waals surface area contributed by atoms with Gasteiger partial charge in [-0.25, -0.2) is 0 Å². The Morgan fingerprint density at radius 1 is 1.11 bits per heavy atom. The maximum absolute atomic E-state index is 8.75. The number of nitrogens with zero attached hydrogens (tertiary/aromatic N) is 1. The van der Waals surface area contributed by atoms with Gasteiger partial charge in [0.15, 0.2) is 6.29 Å². The van der Waals surface area contributed by atoms with Gasteiger partial charge in [-0.3, -0.25) is 0 Å². The monoisotopic (exact) mass is 248 g/mol. The van der Waals surface area contributed by atoms with Crippen LogP contribution in [0.5, 0.6) is 0 Å². The summed E-state index contributed by atoms with van der Waals surface area (Å²) in [4.78, 5) is 0. The molecule has 2 unspecified atom stereocenters. The normalized spacial score (nSPS) is 14.2. The summed E-state index contributed by atoms with van der Waals surface area (Å²) in [5.74, 6) is 0. The molecule has 0 aliphatic rings. The molecule has 1 aromatic rings. The highest BCUT2D eigenvalue weighted by Gasteiger charge is 2.18. The Bertz CT molecular complexity index is 393. The molecule has 1 rings (SSSR count). The summed E-state index contributed by atoms with van der Waals surface area (Å²) in [6.07, 6.45) is -0.272. The number of rotatable bonds is 6. The van der Waals surface area contributed by atoms with Crippen LogP contribution in [-0.4, -0.2) is 26.6 Å². The standard InChI is InChI=1S/C14H20N2O2/c1-10(16-11(2)14(17-3)18-4)13-7-5-12(9-15)6-8-13/h5-8,10-11,14,16H,1-4H3. The zero-order valence-electron chi connectivity index (χ0n) is 11.3. The van der Waals surface area contributed by atoms with Gasteiger partial charge in [-0.15, -0.1) is 0 Å². The van der Waals surface area contributed by atoms with Crippen LogP contribution in [0, 0.1) is 11.3 Å². The van der Waals surface area contributed by atoms with Crippen LogP contribution < -0.4 is 5.32 Å². The molecule has 0 aliphatic carbocycles. The Hall–Kier alpha value is -1.41. The maximum atomic E-state index is 8.75. The van der Waals surface area contributed by atoms with Crippen LogP contribution >= 0.6 is 0 Å². The van der Waals surface area contributed by atoms with E-state index in [1.807, 2.05) is 31.2 Å². The number of ether oxygens (including phenoxy) is 2. The molecule has 98 valence electrons. The topological polar surface area (TPSA) is 54.3 Å². The Labute approximate surface area is 109 Å². The van der Waals surface area contributed by atoms with Crippen LogP contribution in [0.25, 0.3) is 0 Å². The van der Waals surface area contributed by atoms with Crippen molar-refractivity contribution in [2.24, 2.45) is 0 Å². The van der Waals surface area contributed by atoms with Gasteiger partial charge in [0.25, 0.3) is 0 Å². The Morgan fingerprint density at radius 2 is 1.67 bits per heavy atom. The first-order valence-corrected chi connectivity index (χ1v) is 5.94. The molecule has 0 fully saturated rings. The van der Waals surface area contributed by atoms with Gasteiger partial charge in [0, 0.05) is 20.3 Å². The maximum Gasteiger partial charge on any atom is 0.171 e. The van der Waals surface area contributed by atoms with Crippen molar-refractivity contribution in [2.45, 2.75) is 32.2 Å². The first-order valence-electron chi connectivity index (χ1n) is 5.94. The fraction of sp³-hybridized carbons (Fsp3) is 0.500. The minimum atomic E-state index is -0.272. The second-order valence-electron chi connectivity index (χ2n) is 4.25. The van der Waals surface area contributed by atoms with E-state index in [0.717, 1.165) is 5.56 Å². The largest absolute Gasteiger partial charge is 0.354 e. The molecule has 2 atom stereocenters. The van der Waals surface area contributed by atoms with E-state index < -0.39 is 0 Å². The van der Waals surface area contributed by atoms with E-state index in [-0.39, 0.29) is 18.4 Å². The SMILES string of the molecule is COC(OC)C(C)NC(C)c1ccc(C#N)cc1. The highest BCUT2D eigenvalue weighted by molar-refractivity contribution is 5.32. The number of nitrogens with one attached hydrogen (secondary N) is 1. The molecule has 4 heteroatoms. The van der Waals surface area contributed by atoms with Gasteiger partial charge >= 0.3 is 0 Å². The number of methoxy groups -OCH3 is 2. The van der Waals surface area contributed by atoms with Crippen LogP contribution in [0.1, 0.15) is 31.0 Å². The summed E-state index contributed by atoms with van der Waals surface area (Å²) in [6.45, 7) is 4.08. The van der Waals surface area contributed by atoms with E-state index >= 15 is 0 Å². The molecular weight excluding hydrogens is 228 g/mol. The van der Waals surface area contributed by atoms with Gasteiger partial charge in [-0.2, -0.15) is 5.26 Å². The number of hydrogen-bond acceptors (Lipinski definition) is 4. The third-order valence-corrected chi connectivity index (χ3v) is 2.93. The van der Waals surface area contributed by atoms with Crippen molar-refractivity contribution in [3.05, 3.63) is 35.4 Å². The van der Waals surface area contributed by atoms with Crippen LogP contribution in [0.3, 0.4) is 0 Å². The van der Waals surface area contributed by atoms with E-state index in [1.54, 1.807) is 14.2 Å². The fourth-order valence-electron chi connectivity index (χ4n) is 1.92. The fourth-order valence-corrected chi connectivity index (χ4v) is 1.92. The minimum absolute atomic E-state index is 0.0747. The third kappa shape index (κ3) is 3.81. The zero-order valence-corrected chi connectivity index (χ0v) is 11.3. The second kappa shape index (κ2) is 7.12. The van der Waals surface area contributed by atoms with Crippen LogP contribution in [0.4, 0.5) is 0 Å². The average molecular weight is 248 g/mol. The molecular formula is C14H20N2O2. The van der Waals surface area contributed by atoms with Crippen molar-refractivity contribution in [3.63, 3.8) is 0 Å². The molecule has 4 nitrogen and oxygen atoms in total. The lowest BCUT2D eigenvalue weighted by Gasteiger charge is -2.26. The van der Waals surface area contributed by atoms with Crippen molar-refractivity contribution in [3.8, 4) is 6.07 Å². The lowest BCUT2D eigenvalue weighted by atomic mass is 10.1. The van der Waals surface area contributed by atoms with Gasteiger partial charge in [0.2, 0.25) is 0 Å². The molecule has 0 aromatic heterocycles. The number of benzene rings is 1. The Kier molecular flexibility index (Phi) is 5.79. The number of hydrogen-bond donors (Lipinski definition) is 1. The Morgan fingerprint density at radius 3 is 2.11 bits per heavy atom. The van der Waals surface area contributed by atoms with Crippen molar-refractivity contribution < 1.29 is 9.47 Å². The zero-order chi connectivity index (χ0) is 13.5. The summed E-state index contributed by atoms with van der Waals surface area (Å²) in [5.41, 5.74) is 1.80. The molecule has 18 heavy (non-hydrogen) atoms. The van der Waals surface area contributed by atoms with E-state index in [0.29, 0.717) is 5.56 Å². The predicted octanol–water partition coefficient (Wildman–Crippen LogP) is 2.22. The van der Waals surface area contributed by atoms with E-state index in [4.69, 9.17) is 14.7 Å². The van der Waals surface area contributed by atoms with E-state index in [1.165, 1.54) is 0 Å². The van der Waals surface area contributed by atoms with Gasteiger partial charge in [-0.1, -0.05) is 12.1 Å². The smallest absolute Gasteiger partial charge is 0.171 e. The summed E-state index contributed by atoms with van der Waals surface area (Å²) in [5, 5.41) is 12.2. The van der Waals surface area contributed by atoms with E-state index in [9.17, 15) is 0 Å². The van der Waals surface area contributed by atoms with Crippen LogP contribution in [0.15, 0.2) is 24.3 Å². The quantitative estimate of drug-likeness (QED) is 0.784. The van der Waals surface area contributed by atoms with Gasteiger partial charge in [-0.05, 0) is 31.5 Å². The number of nitriles is 1. The highest BCUT2D eigenvalue weighted by Crippen LogP contribution is 2.15. The summed E-state index contributed by atoms with van der Waals surface area (Å²) in [7, 11) is 3.25. The molecule has 0 bridgehead atoms. The van der Waals surface area contributed by atoms with Gasteiger partial charge in [0.1, 0.15) is 0 Å². The molecule has 0 saturated carbocycles. The molecule has 1 N–H and O–H groups in total. The van der Waals surface area contributed by atoms with Crippen molar-refractivity contribution in [1.29, 1.82) is 5.26 Å². The molecule has 0 amide bonds. The van der Waals surface area contributed by atoms with Crippen LogP contribution in [0.2, 0.25) is 0 Å². The van der Waals surface area contributed by atoms with Crippen molar-refractivity contribution in [2.75, 3.05) is 14.2 Å². The molecule has 0 radical (unpaired) electrons. The summed E-state index contributed by atoms with van der Waals surface area (Å²) < 4.78 is 10.4. The molecule has 0 saturated heterocycles. The Balaban J connectivity index is 2.64. The summed E-state index contributed by atoms with van der Waals surface area (Å²) >= 11 is 0. The van der Waals surface area contributed by atoms with Gasteiger partial charge < -0.3 is 14.8 Å². The van der Waals surface area contributed by atoms with Gasteiger partial charge in [0.05, 0.1) is 17.7 Å². The lowest BCUT2D eigenvalue weighted by molar-refractivity contribution is -0.120. The molecule has 1 aromatic carbocycles. The predicted molar refractivity (Wildman–Crippen MR) is 70.0 cm³/mol. The average Bonchev–Trinajstić information content (AvgIpc) is 2.40. The second-order valence-corrected chi connectivity index (χ2v) is 4.25.